The van der Waals surface area contributed by atoms with E-state index in [9.17, 15) is 9.59 Å². The van der Waals surface area contributed by atoms with Crippen molar-refractivity contribution in [2.75, 3.05) is 24.9 Å². The van der Waals surface area contributed by atoms with Crippen LogP contribution in [0.3, 0.4) is 0 Å². The number of esters is 1. The van der Waals surface area contributed by atoms with Crippen LogP contribution in [0.2, 0.25) is 0 Å². The van der Waals surface area contributed by atoms with Gasteiger partial charge in [-0.2, -0.15) is 0 Å². The zero-order chi connectivity index (χ0) is 23.2. The Bertz CT molecular complexity index is 1120. The average molecular weight is 463 g/mol. The normalized spacial score (nSPS) is 15.7. The fraction of sp³-hybridized carbons (Fsp3) is 0.231. The Hall–Kier alpha value is -3.45. The molecule has 2 unspecified atom stereocenters. The summed E-state index contributed by atoms with van der Waals surface area (Å²) in [7, 11) is 2.96. The smallest absolute Gasteiger partial charge is 0.310 e. The third-order valence-electron chi connectivity index (χ3n) is 5.58. The Morgan fingerprint density at radius 3 is 2.48 bits per heavy atom. The minimum absolute atomic E-state index is 0.193. The summed E-state index contributed by atoms with van der Waals surface area (Å²) in [5.41, 5.74) is 3.81. The van der Waals surface area contributed by atoms with E-state index in [1.807, 2.05) is 60.7 Å². The van der Waals surface area contributed by atoms with Crippen LogP contribution in [0.25, 0.3) is 0 Å². The monoisotopic (exact) mass is 462 g/mol. The molecule has 0 radical (unpaired) electrons. The minimum atomic E-state index is -0.623. The summed E-state index contributed by atoms with van der Waals surface area (Å²) in [5, 5.41) is 5.78. The molecule has 7 heteroatoms. The van der Waals surface area contributed by atoms with Crippen molar-refractivity contribution < 1.29 is 19.1 Å². The third kappa shape index (κ3) is 5.49. The standard InChI is InChI=1S/C26H26N2O4S/c1-31-20-11-8-17(9-12-20)14-21(26(30)32-2)24-25(29)28-22-13-10-19(15-23(22)33-24)27-16-18-6-4-3-5-7-18/h3-13,15,21,24,27H,14,16H2,1-2H3,(H,28,29). The van der Waals surface area contributed by atoms with E-state index in [-0.39, 0.29) is 5.91 Å². The molecule has 0 aliphatic carbocycles. The molecule has 3 aromatic rings. The van der Waals surface area contributed by atoms with Crippen molar-refractivity contribution in [2.45, 2.75) is 23.1 Å². The summed E-state index contributed by atoms with van der Waals surface area (Å²) in [6, 6.07) is 23.5. The van der Waals surface area contributed by atoms with Crippen LogP contribution in [0.1, 0.15) is 11.1 Å². The van der Waals surface area contributed by atoms with Crippen molar-refractivity contribution in [2.24, 2.45) is 5.92 Å². The summed E-state index contributed by atoms with van der Waals surface area (Å²) in [5.74, 6) is -0.480. The second-order valence-electron chi connectivity index (χ2n) is 7.76. The topological polar surface area (TPSA) is 76.7 Å². The Kier molecular flexibility index (Phi) is 7.19. The van der Waals surface area contributed by atoms with Gasteiger partial charge in [0.15, 0.2) is 0 Å². The van der Waals surface area contributed by atoms with Crippen LogP contribution in [0.4, 0.5) is 11.4 Å². The number of amides is 1. The van der Waals surface area contributed by atoms with Gasteiger partial charge in [0.1, 0.15) is 11.0 Å². The predicted molar refractivity (Wildman–Crippen MR) is 131 cm³/mol. The van der Waals surface area contributed by atoms with Crippen molar-refractivity contribution in [1.29, 1.82) is 0 Å². The molecule has 4 rings (SSSR count). The van der Waals surface area contributed by atoms with E-state index < -0.39 is 17.1 Å². The molecule has 2 atom stereocenters. The first-order valence-electron chi connectivity index (χ1n) is 10.7. The summed E-state index contributed by atoms with van der Waals surface area (Å²) in [6.45, 7) is 0.697. The van der Waals surface area contributed by atoms with Crippen LogP contribution in [0.15, 0.2) is 77.7 Å². The number of nitrogens with one attached hydrogen (secondary N) is 2. The molecule has 0 spiro atoms. The number of rotatable bonds is 8. The lowest BCUT2D eigenvalue weighted by atomic mass is 9.95. The number of hydrogen-bond donors (Lipinski definition) is 2. The molecule has 0 bridgehead atoms. The first kappa shape index (κ1) is 22.7. The summed E-state index contributed by atoms with van der Waals surface area (Å²) in [6.07, 6.45) is 0.392. The molecule has 0 saturated carbocycles. The van der Waals surface area contributed by atoms with Gasteiger partial charge in [0.05, 0.1) is 25.8 Å². The number of carbonyl (C=O) groups is 2. The molecule has 1 aliphatic heterocycles. The second-order valence-corrected chi connectivity index (χ2v) is 8.94. The number of ether oxygens (including phenoxy) is 2. The van der Waals surface area contributed by atoms with Gasteiger partial charge in [-0.25, -0.2) is 0 Å². The van der Waals surface area contributed by atoms with Gasteiger partial charge >= 0.3 is 5.97 Å². The molecule has 1 amide bonds. The van der Waals surface area contributed by atoms with Gasteiger partial charge in [0.2, 0.25) is 5.91 Å². The highest BCUT2D eigenvalue weighted by molar-refractivity contribution is 8.01. The Labute approximate surface area is 197 Å². The van der Waals surface area contributed by atoms with Crippen molar-refractivity contribution in [3.05, 3.63) is 83.9 Å². The summed E-state index contributed by atoms with van der Waals surface area (Å²) < 4.78 is 10.3. The van der Waals surface area contributed by atoms with E-state index in [4.69, 9.17) is 9.47 Å². The maximum absolute atomic E-state index is 12.9. The molecule has 1 aliphatic rings. The predicted octanol–water partition coefficient (Wildman–Crippen LogP) is 4.75. The molecule has 0 saturated heterocycles. The second kappa shape index (κ2) is 10.4. The highest BCUT2D eigenvalue weighted by atomic mass is 32.2. The van der Waals surface area contributed by atoms with Crippen molar-refractivity contribution >= 4 is 35.0 Å². The lowest BCUT2D eigenvalue weighted by Crippen LogP contribution is -2.40. The molecule has 1 heterocycles. The van der Waals surface area contributed by atoms with Crippen molar-refractivity contribution in [3.8, 4) is 5.75 Å². The lowest BCUT2D eigenvalue weighted by Gasteiger charge is -2.29. The molecule has 0 aromatic heterocycles. The quantitative estimate of drug-likeness (QED) is 0.471. The van der Waals surface area contributed by atoms with Gasteiger partial charge in [0, 0.05) is 17.1 Å². The van der Waals surface area contributed by atoms with Gasteiger partial charge in [0.25, 0.3) is 0 Å². The fourth-order valence-electron chi connectivity index (χ4n) is 3.77. The molecular weight excluding hydrogens is 436 g/mol. The van der Waals surface area contributed by atoms with Crippen LogP contribution in [-0.4, -0.2) is 31.3 Å². The van der Waals surface area contributed by atoms with Gasteiger partial charge in [-0.05, 0) is 47.9 Å². The molecule has 2 N–H and O–H groups in total. The van der Waals surface area contributed by atoms with Gasteiger partial charge in [-0.3, -0.25) is 9.59 Å². The van der Waals surface area contributed by atoms with Crippen LogP contribution in [0, 0.1) is 5.92 Å². The highest BCUT2D eigenvalue weighted by Crippen LogP contribution is 2.41. The Morgan fingerprint density at radius 2 is 1.79 bits per heavy atom. The van der Waals surface area contributed by atoms with E-state index in [0.717, 1.165) is 27.6 Å². The maximum Gasteiger partial charge on any atom is 0.310 e. The number of fused-ring (bicyclic) bond motifs is 1. The maximum atomic E-state index is 12.9. The van der Waals surface area contributed by atoms with E-state index in [1.165, 1.54) is 24.4 Å². The number of methoxy groups -OCH3 is 2. The van der Waals surface area contributed by atoms with Crippen molar-refractivity contribution in [1.82, 2.24) is 0 Å². The lowest BCUT2D eigenvalue weighted by molar-refractivity contribution is -0.146. The number of hydrogen-bond acceptors (Lipinski definition) is 6. The molecular formula is C26H26N2O4S. The first-order chi connectivity index (χ1) is 16.1. The zero-order valence-corrected chi connectivity index (χ0v) is 19.4. The van der Waals surface area contributed by atoms with Crippen LogP contribution in [0.5, 0.6) is 5.75 Å². The minimum Gasteiger partial charge on any atom is -0.497 e. The number of benzene rings is 3. The van der Waals surface area contributed by atoms with E-state index in [2.05, 4.69) is 22.8 Å². The molecule has 3 aromatic carbocycles. The van der Waals surface area contributed by atoms with E-state index in [0.29, 0.717) is 13.0 Å². The van der Waals surface area contributed by atoms with Crippen LogP contribution >= 0.6 is 11.8 Å². The fourth-order valence-corrected chi connectivity index (χ4v) is 5.03. The zero-order valence-electron chi connectivity index (χ0n) is 18.5. The summed E-state index contributed by atoms with van der Waals surface area (Å²) in [4.78, 5) is 26.5. The highest BCUT2D eigenvalue weighted by Gasteiger charge is 2.38. The van der Waals surface area contributed by atoms with Crippen LogP contribution < -0.4 is 15.4 Å². The summed E-state index contributed by atoms with van der Waals surface area (Å²) >= 11 is 1.40. The molecule has 170 valence electrons. The van der Waals surface area contributed by atoms with Gasteiger partial charge in [-0.1, -0.05) is 42.5 Å². The van der Waals surface area contributed by atoms with Crippen LogP contribution in [-0.2, 0) is 27.3 Å². The van der Waals surface area contributed by atoms with E-state index in [1.54, 1.807) is 7.11 Å². The first-order valence-corrected chi connectivity index (χ1v) is 11.6. The molecule has 33 heavy (non-hydrogen) atoms. The van der Waals surface area contributed by atoms with Crippen molar-refractivity contribution in [3.63, 3.8) is 0 Å². The Morgan fingerprint density at radius 1 is 1.03 bits per heavy atom. The van der Waals surface area contributed by atoms with E-state index >= 15 is 0 Å². The average Bonchev–Trinajstić information content (AvgIpc) is 2.86. The van der Waals surface area contributed by atoms with Gasteiger partial charge in [-0.15, -0.1) is 11.8 Å². The Balaban J connectivity index is 1.52. The molecule has 0 fully saturated rings. The van der Waals surface area contributed by atoms with Gasteiger partial charge < -0.3 is 20.1 Å². The third-order valence-corrected chi connectivity index (χ3v) is 6.96. The largest absolute Gasteiger partial charge is 0.497 e. The number of anilines is 2. The number of thioether (sulfide) groups is 1. The molecule has 6 nitrogen and oxygen atoms in total. The SMILES string of the molecule is COC(=O)C(Cc1ccc(OC)cc1)C1Sc2cc(NCc3ccccc3)ccc2NC1=O. The number of carbonyl (C=O) groups excluding carboxylic acids is 2.